The topological polar surface area (TPSA) is 74.6 Å². The smallest absolute Gasteiger partial charge is 0.318 e. The van der Waals surface area contributed by atoms with Crippen molar-refractivity contribution in [3.05, 3.63) is 0 Å². The van der Waals surface area contributed by atoms with Crippen LogP contribution < -0.4 is 0 Å². The molecule has 0 aliphatic heterocycles. The molecule has 0 aromatic rings. The van der Waals surface area contributed by atoms with Crippen LogP contribution in [-0.4, -0.2) is 22.2 Å². The summed E-state index contributed by atoms with van der Waals surface area (Å²) in [6, 6.07) is 0. The molecular weight excluding hydrogens is 184 g/mol. The molecule has 0 radical (unpaired) electrons. The maximum Gasteiger partial charge on any atom is 0.318 e. The predicted octanol–water partition coefficient (Wildman–Crippen LogP) is 1.99. The van der Waals surface area contributed by atoms with Gasteiger partial charge in [0.25, 0.3) is 0 Å². The molecule has 0 saturated heterocycles. The number of rotatable bonds is 7. The van der Waals surface area contributed by atoms with E-state index < -0.39 is 17.9 Å². The summed E-state index contributed by atoms with van der Waals surface area (Å²) in [5.41, 5.74) is 0. The molecule has 1 unspecified atom stereocenters. The molecule has 14 heavy (non-hydrogen) atoms. The third-order valence-corrected chi connectivity index (χ3v) is 2.36. The first-order valence-corrected chi connectivity index (χ1v) is 4.96. The zero-order valence-corrected chi connectivity index (χ0v) is 8.69. The number of carboxylic acid groups (broad SMARTS) is 2. The molecule has 0 spiro atoms. The Morgan fingerprint density at radius 3 is 2.00 bits per heavy atom. The molecular formula is C10H18O4. The fourth-order valence-corrected chi connectivity index (χ4v) is 1.48. The van der Waals surface area contributed by atoms with Crippen molar-refractivity contribution >= 4 is 11.9 Å². The van der Waals surface area contributed by atoms with E-state index in [0.29, 0.717) is 6.42 Å². The van der Waals surface area contributed by atoms with Crippen molar-refractivity contribution in [2.24, 2.45) is 11.8 Å². The first kappa shape index (κ1) is 12.9. The molecule has 0 rings (SSSR count). The molecule has 0 fully saturated rings. The lowest BCUT2D eigenvalue weighted by molar-refractivity contribution is -0.157. The fourth-order valence-electron chi connectivity index (χ4n) is 1.48. The van der Waals surface area contributed by atoms with Crippen LogP contribution in [0.2, 0.25) is 0 Å². The highest BCUT2D eigenvalue weighted by Crippen LogP contribution is 2.19. The summed E-state index contributed by atoms with van der Waals surface area (Å²) in [6.07, 6.45) is 3.64. The maximum atomic E-state index is 10.6. The van der Waals surface area contributed by atoms with Crippen LogP contribution in [0.25, 0.3) is 0 Å². The molecule has 0 saturated carbocycles. The highest BCUT2D eigenvalue weighted by atomic mass is 16.4. The summed E-state index contributed by atoms with van der Waals surface area (Å²) in [6.45, 7) is 3.74. The van der Waals surface area contributed by atoms with Gasteiger partial charge < -0.3 is 10.2 Å². The van der Waals surface area contributed by atoms with Crippen molar-refractivity contribution in [3.8, 4) is 0 Å². The second-order valence-electron chi connectivity index (χ2n) is 3.63. The summed E-state index contributed by atoms with van der Waals surface area (Å²) in [4.78, 5) is 21.3. The third kappa shape index (κ3) is 4.25. The van der Waals surface area contributed by atoms with Gasteiger partial charge in [-0.25, -0.2) is 0 Å². The second-order valence-corrected chi connectivity index (χ2v) is 3.63. The van der Waals surface area contributed by atoms with Crippen LogP contribution in [0.4, 0.5) is 0 Å². The quantitative estimate of drug-likeness (QED) is 0.489. The summed E-state index contributed by atoms with van der Waals surface area (Å²) < 4.78 is 0. The zero-order chi connectivity index (χ0) is 11.1. The molecule has 4 heteroatoms. The first-order chi connectivity index (χ1) is 6.50. The second kappa shape index (κ2) is 6.40. The fraction of sp³-hybridized carbons (Fsp3) is 0.800. The summed E-state index contributed by atoms with van der Waals surface area (Å²) in [7, 11) is 0. The molecule has 0 aromatic carbocycles. The molecule has 0 aliphatic rings. The molecule has 4 nitrogen and oxygen atoms in total. The van der Waals surface area contributed by atoms with Crippen LogP contribution in [0.15, 0.2) is 0 Å². The molecule has 0 aromatic heterocycles. The number of unbranched alkanes of at least 4 members (excludes halogenated alkanes) is 2. The Hall–Kier alpha value is -1.06. The Labute approximate surface area is 83.9 Å². The van der Waals surface area contributed by atoms with Gasteiger partial charge >= 0.3 is 11.9 Å². The number of hydrogen-bond donors (Lipinski definition) is 2. The van der Waals surface area contributed by atoms with Gasteiger partial charge in [-0.2, -0.15) is 0 Å². The van der Waals surface area contributed by atoms with E-state index in [1.165, 1.54) is 0 Å². The average molecular weight is 202 g/mol. The third-order valence-electron chi connectivity index (χ3n) is 2.36. The van der Waals surface area contributed by atoms with E-state index in [-0.39, 0.29) is 5.92 Å². The molecule has 0 bridgehead atoms. The van der Waals surface area contributed by atoms with Crippen LogP contribution in [0, 0.1) is 11.8 Å². The summed E-state index contributed by atoms with van der Waals surface area (Å²) in [5.74, 6) is -4.02. The summed E-state index contributed by atoms with van der Waals surface area (Å²) >= 11 is 0. The molecule has 1 atom stereocenters. The van der Waals surface area contributed by atoms with Gasteiger partial charge in [-0.05, 0) is 12.3 Å². The summed E-state index contributed by atoms with van der Waals surface area (Å²) in [5, 5.41) is 17.4. The van der Waals surface area contributed by atoms with Gasteiger partial charge in [0.15, 0.2) is 5.92 Å². The van der Waals surface area contributed by atoms with E-state index >= 15 is 0 Å². The normalized spacial score (nSPS) is 12.8. The van der Waals surface area contributed by atoms with Crippen LogP contribution >= 0.6 is 0 Å². The Morgan fingerprint density at radius 2 is 1.64 bits per heavy atom. The Bertz CT molecular complexity index is 186. The van der Waals surface area contributed by atoms with Gasteiger partial charge in [-0.1, -0.05) is 33.1 Å². The number of carbonyl (C=O) groups is 2. The van der Waals surface area contributed by atoms with E-state index in [4.69, 9.17) is 10.2 Å². The van der Waals surface area contributed by atoms with Gasteiger partial charge in [-0.15, -0.1) is 0 Å². The van der Waals surface area contributed by atoms with Gasteiger partial charge in [0.2, 0.25) is 0 Å². The van der Waals surface area contributed by atoms with E-state index in [2.05, 4.69) is 6.92 Å². The van der Waals surface area contributed by atoms with Gasteiger partial charge in [-0.3, -0.25) is 9.59 Å². The lowest BCUT2D eigenvalue weighted by atomic mass is 9.89. The van der Waals surface area contributed by atoms with Crippen molar-refractivity contribution < 1.29 is 19.8 Å². The lowest BCUT2D eigenvalue weighted by Crippen LogP contribution is -2.29. The van der Waals surface area contributed by atoms with E-state index in [9.17, 15) is 9.59 Å². The Kier molecular flexibility index (Phi) is 5.92. The predicted molar refractivity (Wildman–Crippen MR) is 52.1 cm³/mol. The minimum atomic E-state index is -1.26. The lowest BCUT2D eigenvalue weighted by Gasteiger charge is -2.15. The van der Waals surface area contributed by atoms with Gasteiger partial charge in [0.1, 0.15) is 0 Å². The number of hydrogen-bond acceptors (Lipinski definition) is 2. The first-order valence-electron chi connectivity index (χ1n) is 4.96. The minimum absolute atomic E-state index is 0.295. The van der Waals surface area contributed by atoms with Crippen molar-refractivity contribution in [1.29, 1.82) is 0 Å². The monoisotopic (exact) mass is 202 g/mol. The van der Waals surface area contributed by atoms with Crippen LogP contribution in [0.3, 0.4) is 0 Å². The van der Waals surface area contributed by atoms with Crippen molar-refractivity contribution in [2.45, 2.75) is 39.5 Å². The number of carboxylic acids is 2. The number of aliphatic carboxylic acids is 2. The molecule has 0 heterocycles. The van der Waals surface area contributed by atoms with Gasteiger partial charge in [0.05, 0.1) is 0 Å². The average Bonchev–Trinajstić information content (AvgIpc) is 2.03. The molecule has 82 valence electrons. The van der Waals surface area contributed by atoms with E-state index in [1.54, 1.807) is 6.92 Å². The highest BCUT2D eigenvalue weighted by Gasteiger charge is 2.31. The van der Waals surface area contributed by atoms with E-state index in [0.717, 1.165) is 19.3 Å². The molecule has 2 N–H and O–H groups in total. The SMILES string of the molecule is CCCCCC(C)C(C(=O)O)C(=O)O. The largest absolute Gasteiger partial charge is 0.481 e. The van der Waals surface area contributed by atoms with Crippen LogP contribution in [0.5, 0.6) is 0 Å². The highest BCUT2D eigenvalue weighted by molar-refractivity contribution is 5.93. The molecule has 0 amide bonds. The van der Waals surface area contributed by atoms with E-state index in [1.807, 2.05) is 0 Å². The maximum absolute atomic E-state index is 10.6. The zero-order valence-electron chi connectivity index (χ0n) is 8.69. The molecule has 0 aliphatic carbocycles. The van der Waals surface area contributed by atoms with Crippen LogP contribution in [0.1, 0.15) is 39.5 Å². The van der Waals surface area contributed by atoms with Crippen molar-refractivity contribution in [2.75, 3.05) is 0 Å². The minimum Gasteiger partial charge on any atom is -0.481 e. The van der Waals surface area contributed by atoms with Crippen LogP contribution in [-0.2, 0) is 9.59 Å². The Morgan fingerprint density at radius 1 is 1.14 bits per heavy atom. The van der Waals surface area contributed by atoms with Crippen molar-refractivity contribution in [1.82, 2.24) is 0 Å². The van der Waals surface area contributed by atoms with Gasteiger partial charge in [0, 0.05) is 0 Å². The standard InChI is InChI=1S/C10H18O4/c1-3-4-5-6-7(2)8(9(11)12)10(13)14/h7-8H,3-6H2,1-2H3,(H,11,12)(H,13,14). The Balaban J connectivity index is 4.09. The van der Waals surface area contributed by atoms with Crippen molar-refractivity contribution in [3.63, 3.8) is 0 Å².